The Bertz CT molecular complexity index is 749. The molecule has 114 valence electrons. The minimum absolute atomic E-state index is 0.192. The summed E-state index contributed by atoms with van der Waals surface area (Å²) in [4.78, 5) is 9.12. The van der Waals surface area contributed by atoms with Gasteiger partial charge in [0, 0.05) is 19.2 Å². The van der Waals surface area contributed by atoms with E-state index in [1.807, 2.05) is 12.1 Å². The molecule has 1 saturated heterocycles. The van der Waals surface area contributed by atoms with Crippen LogP contribution < -0.4 is 0 Å². The summed E-state index contributed by atoms with van der Waals surface area (Å²) in [7, 11) is -2.83. The molecule has 2 aromatic heterocycles. The van der Waals surface area contributed by atoms with Crippen molar-refractivity contribution < 1.29 is 8.42 Å². The van der Waals surface area contributed by atoms with E-state index in [9.17, 15) is 8.42 Å². The van der Waals surface area contributed by atoms with Crippen molar-refractivity contribution in [3.8, 4) is 0 Å². The minimum Gasteiger partial charge on any atom is -0.312 e. The molecule has 0 aromatic carbocycles. The minimum atomic E-state index is -2.83. The molecule has 1 fully saturated rings. The van der Waals surface area contributed by atoms with Crippen LogP contribution in [0.15, 0.2) is 18.3 Å². The summed E-state index contributed by atoms with van der Waals surface area (Å²) in [6, 6.07) is 3.85. The van der Waals surface area contributed by atoms with Gasteiger partial charge in [-0.25, -0.2) is 18.4 Å². The number of fused-ring (bicyclic) bond motifs is 1. The highest BCUT2D eigenvalue weighted by Gasteiger charge is 2.29. The Morgan fingerprint density at radius 2 is 2.24 bits per heavy atom. The Morgan fingerprint density at radius 1 is 1.43 bits per heavy atom. The van der Waals surface area contributed by atoms with Gasteiger partial charge >= 0.3 is 0 Å². The molecule has 1 unspecified atom stereocenters. The monoisotopic (exact) mass is 307 g/mol. The van der Waals surface area contributed by atoms with Crippen molar-refractivity contribution >= 4 is 21.0 Å². The molecule has 3 heterocycles. The van der Waals surface area contributed by atoms with Crippen LogP contribution in [0.4, 0.5) is 0 Å². The highest BCUT2D eigenvalue weighted by Crippen LogP contribution is 2.24. The average molecular weight is 307 g/mol. The van der Waals surface area contributed by atoms with Crippen LogP contribution in [0.1, 0.15) is 26.1 Å². The van der Waals surface area contributed by atoms with Crippen LogP contribution in [0.25, 0.3) is 11.2 Å². The lowest BCUT2D eigenvalue weighted by molar-refractivity contribution is 0.489. The Morgan fingerprint density at radius 3 is 2.90 bits per heavy atom. The third-order valence-corrected chi connectivity index (χ3v) is 5.77. The van der Waals surface area contributed by atoms with Crippen molar-refractivity contribution in [2.24, 2.45) is 11.8 Å². The molecule has 1 aliphatic heterocycles. The van der Waals surface area contributed by atoms with Gasteiger partial charge in [0.15, 0.2) is 15.5 Å². The summed E-state index contributed by atoms with van der Waals surface area (Å²) >= 11 is 0. The van der Waals surface area contributed by atoms with Crippen LogP contribution >= 0.6 is 0 Å². The van der Waals surface area contributed by atoms with Gasteiger partial charge in [-0.15, -0.1) is 0 Å². The van der Waals surface area contributed by atoms with Crippen LogP contribution in [0.5, 0.6) is 0 Å². The summed E-state index contributed by atoms with van der Waals surface area (Å²) in [6.07, 6.45) is 3.26. The van der Waals surface area contributed by atoms with E-state index in [4.69, 9.17) is 0 Å². The third-order valence-electron chi connectivity index (χ3n) is 3.93. The smallest absolute Gasteiger partial charge is 0.159 e. The van der Waals surface area contributed by atoms with Crippen molar-refractivity contribution in [2.45, 2.75) is 33.2 Å². The summed E-state index contributed by atoms with van der Waals surface area (Å²) in [6.45, 7) is 5.19. The zero-order chi connectivity index (χ0) is 15.0. The van der Waals surface area contributed by atoms with E-state index in [1.54, 1.807) is 6.20 Å². The van der Waals surface area contributed by atoms with Gasteiger partial charge in [0.2, 0.25) is 0 Å². The second kappa shape index (κ2) is 5.40. The number of rotatable bonds is 4. The third kappa shape index (κ3) is 3.10. The zero-order valence-corrected chi connectivity index (χ0v) is 13.3. The number of hydrogen-bond donors (Lipinski definition) is 0. The zero-order valence-electron chi connectivity index (χ0n) is 12.5. The van der Waals surface area contributed by atoms with E-state index in [1.165, 1.54) is 0 Å². The number of imidazole rings is 1. The van der Waals surface area contributed by atoms with Gasteiger partial charge in [0.1, 0.15) is 11.3 Å². The van der Waals surface area contributed by atoms with E-state index in [0.29, 0.717) is 17.4 Å². The highest BCUT2D eigenvalue weighted by molar-refractivity contribution is 7.91. The topological polar surface area (TPSA) is 64.8 Å². The normalized spacial score (nSPS) is 21.4. The number of pyridine rings is 1. The van der Waals surface area contributed by atoms with Crippen LogP contribution in [0, 0.1) is 11.8 Å². The summed E-state index contributed by atoms with van der Waals surface area (Å²) < 4.78 is 25.4. The maximum atomic E-state index is 11.6. The van der Waals surface area contributed by atoms with E-state index in [0.717, 1.165) is 36.4 Å². The molecule has 0 saturated carbocycles. The van der Waals surface area contributed by atoms with Gasteiger partial charge in [-0.2, -0.15) is 0 Å². The molecular weight excluding hydrogens is 286 g/mol. The lowest BCUT2D eigenvalue weighted by Gasteiger charge is -2.13. The van der Waals surface area contributed by atoms with Crippen LogP contribution in [0.2, 0.25) is 0 Å². The quantitative estimate of drug-likeness (QED) is 0.867. The predicted octanol–water partition coefficient (Wildman–Crippen LogP) is 2.06. The molecule has 1 atom stereocenters. The molecule has 6 heteroatoms. The second-order valence-corrected chi connectivity index (χ2v) is 8.58. The van der Waals surface area contributed by atoms with E-state index in [-0.39, 0.29) is 5.92 Å². The maximum absolute atomic E-state index is 11.6. The van der Waals surface area contributed by atoms with Gasteiger partial charge in [-0.1, -0.05) is 13.8 Å². The first kappa shape index (κ1) is 14.5. The standard InChI is InChI=1S/C15H21N3O2S/c1-11(2)9-18-14(8-12-5-7-21(19,20)10-12)17-13-4-3-6-16-15(13)18/h3-4,6,11-12H,5,7-10H2,1-2H3. The van der Waals surface area contributed by atoms with Crippen LogP contribution in [-0.2, 0) is 22.8 Å². The molecule has 0 radical (unpaired) electrons. The largest absolute Gasteiger partial charge is 0.312 e. The van der Waals surface area contributed by atoms with Crippen molar-refractivity contribution in [3.05, 3.63) is 24.2 Å². The van der Waals surface area contributed by atoms with E-state index in [2.05, 4.69) is 28.4 Å². The van der Waals surface area contributed by atoms with Crippen LogP contribution in [0.3, 0.4) is 0 Å². The SMILES string of the molecule is CC(C)Cn1c(CC2CCS(=O)(=O)C2)nc2cccnc21. The lowest BCUT2D eigenvalue weighted by atomic mass is 10.0. The van der Waals surface area contributed by atoms with Gasteiger partial charge < -0.3 is 4.57 Å². The molecule has 5 nitrogen and oxygen atoms in total. The summed E-state index contributed by atoms with van der Waals surface area (Å²) in [5, 5.41) is 0. The molecule has 1 aliphatic rings. The molecule has 0 amide bonds. The molecule has 0 spiro atoms. The Kier molecular flexibility index (Phi) is 3.73. The fraction of sp³-hybridized carbons (Fsp3) is 0.600. The molecule has 0 aliphatic carbocycles. The summed E-state index contributed by atoms with van der Waals surface area (Å²) in [5.41, 5.74) is 1.80. The molecular formula is C15H21N3O2S. The van der Waals surface area contributed by atoms with E-state index < -0.39 is 9.84 Å². The van der Waals surface area contributed by atoms with E-state index >= 15 is 0 Å². The number of nitrogens with zero attached hydrogens (tertiary/aromatic N) is 3. The Hall–Kier alpha value is -1.43. The Labute approximate surface area is 125 Å². The van der Waals surface area contributed by atoms with Gasteiger partial charge in [0.25, 0.3) is 0 Å². The number of sulfone groups is 1. The Balaban J connectivity index is 1.93. The van der Waals surface area contributed by atoms with Gasteiger partial charge in [-0.3, -0.25) is 0 Å². The number of hydrogen-bond acceptors (Lipinski definition) is 4. The number of aromatic nitrogens is 3. The fourth-order valence-electron chi connectivity index (χ4n) is 3.01. The molecule has 3 rings (SSSR count). The first-order valence-electron chi connectivity index (χ1n) is 7.45. The molecule has 0 bridgehead atoms. The summed E-state index contributed by atoms with van der Waals surface area (Å²) in [5.74, 6) is 2.28. The maximum Gasteiger partial charge on any atom is 0.159 e. The molecule has 21 heavy (non-hydrogen) atoms. The van der Waals surface area contributed by atoms with Crippen molar-refractivity contribution in [2.75, 3.05) is 11.5 Å². The second-order valence-electron chi connectivity index (χ2n) is 6.35. The lowest BCUT2D eigenvalue weighted by Crippen LogP contribution is -2.14. The fourth-order valence-corrected chi connectivity index (χ4v) is 4.87. The van der Waals surface area contributed by atoms with Crippen molar-refractivity contribution in [3.63, 3.8) is 0 Å². The van der Waals surface area contributed by atoms with Gasteiger partial charge in [0.05, 0.1) is 11.5 Å². The average Bonchev–Trinajstić information content (AvgIpc) is 2.91. The highest BCUT2D eigenvalue weighted by atomic mass is 32.2. The molecule has 0 N–H and O–H groups in total. The van der Waals surface area contributed by atoms with Gasteiger partial charge in [-0.05, 0) is 30.4 Å². The van der Waals surface area contributed by atoms with Crippen molar-refractivity contribution in [1.82, 2.24) is 14.5 Å². The van der Waals surface area contributed by atoms with Crippen LogP contribution in [-0.4, -0.2) is 34.5 Å². The molecule has 2 aromatic rings. The van der Waals surface area contributed by atoms with Crippen molar-refractivity contribution in [1.29, 1.82) is 0 Å². The first-order valence-corrected chi connectivity index (χ1v) is 9.27. The predicted molar refractivity (Wildman–Crippen MR) is 82.8 cm³/mol. The first-order chi connectivity index (χ1) is 9.94.